The molecule has 126 valence electrons. The van der Waals surface area contributed by atoms with Crippen LogP contribution in [0.5, 0.6) is 0 Å². The number of rotatable bonds is 4. The van der Waals surface area contributed by atoms with E-state index in [1.807, 2.05) is 11.8 Å². The van der Waals surface area contributed by atoms with Crippen LogP contribution in [0.4, 0.5) is 4.79 Å². The van der Waals surface area contributed by atoms with Crippen molar-refractivity contribution in [2.75, 3.05) is 13.1 Å². The van der Waals surface area contributed by atoms with Crippen molar-refractivity contribution in [1.29, 1.82) is 0 Å². The van der Waals surface area contributed by atoms with Gasteiger partial charge >= 0.3 is 6.03 Å². The van der Waals surface area contributed by atoms with Gasteiger partial charge in [0.25, 0.3) is 0 Å². The van der Waals surface area contributed by atoms with Gasteiger partial charge in [-0.05, 0) is 39.0 Å². The maximum absolute atomic E-state index is 12.3. The number of hydrogen-bond acceptors (Lipinski definition) is 3. The fourth-order valence-corrected chi connectivity index (χ4v) is 3.55. The minimum Gasteiger partial charge on any atom is -0.337 e. The van der Waals surface area contributed by atoms with Crippen LogP contribution < -0.4 is 16.4 Å². The lowest BCUT2D eigenvalue weighted by Crippen LogP contribution is -2.55. The first-order valence-electron chi connectivity index (χ1n) is 8.67. The predicted octanol–water partition coefficient (Wildman–Crippen LogP) is 1.35. The van der Waals surface area contributed by atoms with Crippen molar-refractivity contribution in [3.05, 3.63) is 0 Å². The third-order valence-electron chi connectivity index (χ3n) is 4.82. The molecule has 2 atom stereocenters. The van der Waals surface area contributed by atoms with Crippen LogP contribution in [0.3, 0.4) is 0 Å². The highest BCUT2D eigenvalue weighted by Gasteiger charge is 2.29. The molecule has 22 heavy (non-hydrogen) atoms. The van der Waals surface area contributed by atoms with E-state index >= 15 is 0 Å². The Balaban J connectivity index is 1.74. The number of carbonyl (C=O) groups is 2. The molecule has 0 aromatic carbocycles. The van der Waals surface area contributed by atoms with Crippen molar-refractivity contribution in [1.82, 2.24) is 15.5 Å². The van der Waals surface area contributed by atoms with Gasteiger partial charge in [-0.3, -0.25) is 4.79 Å². The Labute approximate surface area is 133 Å². The molecular weight excluding hydrogens is 280 g/mol. The van der Waals surface area contributed by atoms with Crippen molar-refractivity contribution >= 4 is 11.9 Å². The first kappa shape index (κ1) is 17.1. The number of nitrogens with zero attached hydrogens (tertiary/aromatic N) is 1. The Morgan fingerprint density at radius 2 is 1.82 bits per heavy atom. The van der Waals surface area contributed by atoms with E-state index in [2.05, 4.69) is 10.6 Å². The number of amides is 3. The van der Waals surface area contributed by atoms with E-state index in [1.165, 1.54) is 19.3 Å². The summed E-state index contributed by atoms with van der Waals surface area (Å²) in [6.45, 7) is 2.75. The van der Waals surface area contributed by atoms with Crippen LogP contribution in [0.2, 0.25) is 0 Å². The molecule has 0 aromatic rings. The number of hydrogen-bond donors (Lipinski definition) is 3. The molecule has 2 rings (SSSR count). The zero-order valence-electron chi connectivity index (χ0n) is 13.6. The van der Waals surface area contributed by atoms with E-state index in [1.54, 1.807) is 0 Å². The zero-order valence-corrected chi connectivity index (χ0v) is 13.6. The summed E-state index contributed by atoms with van der Waals surface area (Å²) >= 11 is 0. The van der Waals surface area contributed by atoms with Crippen LogP contribution in [-0.2, 0) is 4.79 Å². The molecule has 6 heteroatoms. The fourth-order valence-electron chi connectivity index (χ4n) is 3.55. The Hall–Kier alpha value is -1.30. The van der Waals surface area contributed by atoms with Crippen molar-refractivity contribution in [3.63, 3.8) is 0 Å². The summed E-state index contributed by atoms with van der Waals surface area (Å²) in [5, 5.41) is 5.67. The lowest BCUT2D eigenvalue weighted by Gasteiger charge is -2.38. The van der Waals surface area contributed by atoms with E-state index in [-0.39, 0.29) is 36.6 Å². The molecule has 1 aliphatic carbocycles. The van der Waals surface area contributed by atoms with E-state index in [0.717, 1.165) is 38.6 Å². The minimum absolute atomic E-state index is 0.0270. The average Bonchev–Trinajstić information content (AvgIpc) is 2.53. The van der Waals surface area contributed by atoms with Gasteiger partial charge in [0, 0.05) is 24.7 Å². The van der Waals surface area contributed by atoms with Gasteiger partial charge in [0.05, 0.1) is 6.54 Å². The summed E-state index contributed by atoms with van der Waals surface area (Å²) in [4.78, 5) is 26.1. The molecule has 0 radical (unpaired) electrons. The first-order chi connectivity index (χ1) is 10.6. The highest BCUT2D eigenvalue weighted by Crippen LogP contribution is 2.19. The molecule has 1 heterocycles. The minimum atomic E-state index is -0.227. The van der Waals surface area contributed by atoms with E-state index < -0.39 is 0 Å². The number of carbonyl (C=O) groups excluding carboxylic acids is 2. The summed E-state index contributed by atoms with van der Waals surface area (Å²) < 4.78 is 0. The van der Waals surface area contributed by atoms with Gasteiger partial charge < -0.3 is 21.3 Å². The molecular formula is C16H30N4O2. The lowest BCUT2D eigenvalue weighted by atomic mass is 9.96. The van der Waals surface area contributed by atoms with Crippen molar-refractivity contribution in [2.24, 2.45) is 5.73 Å². The van der Waals surface area contributed by atoms with Crippen LogP contribution in [0.15, 0.2) is 0 Å². The highest BCUT2D eigenvalue weighted by molar-refractivity contribution is 5.84. The molecule has 0 spiro atoms. The second kappa shape index (κ2) is 8.36. The molecule has 4 N–H and O–H groups in total. The summed E-state index contributed by atoms with van der Waals surface area (Å²) in [7, 11) is 0. The molecule has 1 aliphatic heterocycles. The highest BCUT2D eigenvalue weighted by atomic mass is 16.2. The van der Waals surface area contributed by atoms with Crippen molar-refractivity contribution in [3.8, 4) is 0 Å². The molecule has 6 nitrogen and oxygen atoms in total. The fraction of sp³-hybridized carbons (Fsp3) is 0.875. The van der Waals surface area contributed by atoms with Crippen LogP contribution >= 0.6 is 0 Å². The van der Waals surface area contributed by atoms with E-state index in [0.29, 0.717) is 0 Å². The van der Waals surface area contributed by atoms with Crippen molar-refractivity contribution < 1.29 is 9.59 Å². The Bertz CT molecular complexity index is 380. The van der Waals surface area contributed by atoms with Gasteiger partial charge in [-0.15, -0.1) is 0 Å². The van der Waals surface area contributed by atoms with Crippen LogP contribution in [0.25, 0.3) is 0 Å². The SMILES string of the molecule is CC(N)C1CCCCN1C(=O)CNC(=O)NC1CCCCC1. The Morgan fingerprint density at radius 3 is 2.50 bits per heavy atom. The number of piperidine rings is 1. The van der Waals surface area contributed by atoms with Crippen LogP contribution in [0.1, 0.15) is 58.3 Å². The number of likely N-dealkylation sites (tertiary alicyclic amines) is 1. The predicted molar refractivity (Wildman–Crippen MR) is 86.4 cm³/mol. The molecule has 2 fully saturated rings. The lowest BCUT2D eigenvalue weighted by molar-refractivity contribution is -0.134. The smallest absolute Gasteiger partial charge is 0.315 e. The molecule has 0 bridgehead atoms. The quantitative estimate of drug-likeness (QED) is 0.732. The number of urea groups is 1. The average molecular weight is 310 g/mol. The van der Waals surface area contributed by atoms with E-state index in [4.69, 9.17) is 5.73 Å². The molecule has 2 aliphatic rings. The maximum Gasteiger partial charge on any atom is 0.315 e. The van der Waals surface area contributed by atoms with Crippen molar-refractivity contribution in [2.45, 2.75) is 76.4 Å². The number of nitrogens with two attached hydrogens (primary N) is 1. The van der Waals surface area contributed by atoms with Gasteiger partial charge in [0.1, 0.15) is 0 Å². The van der Waals surface area contributed by atoms with Gasteiger partial charge in [-0.2, -0.15) is 0 Å². The topological polar surface area (TPSA) is 87.5 Å². The summed E-state index contributed by atoms with van der Waals surface area (Å²) in [6.07, 6.45) is 8.78. The van der Waals surface area contributed by atoms with Crippen LogP contribution in [-0.4, -0.2) is 48.1 Å². The second-order valence-corrected chi connectivity index (χ2v) is 6.67. The second-order valence-electron chi connectivity index (χ2n) is 6.67. The molecule has 2 unspecified atom stereocenters. The number of nitrogens with one attached hydrogen (secondary N) is 2. The molecule has 3 amide bonds. The summed E-state index contributed by atoms with van der Waals surface area (Å²) in [5.41, 5.74) is 5.98. The largest absolute Gasteiger partial charge is 0.337 e. The van der Waals surface area contributed by atoms with Gasteiger partial charge in [0.15, 0.2) is 0 Å². The third-order valence-corrected chi connectivity index (χ3v) is 4.82. The molecule has 1 saturated heterocycles. The summed E-state index contributed by atoms with van der Waals surface area (Å²) in [6, 6.07) is 0.107. The maximum atomic E-state index is 12.3. The Morgan fingerprint density at radius 1 is 1.14 bits per heavy atom. The summed E-state index contributed by atoms with van der Waals surface area (Å²) in [5.74, 6) is -0.0270. The third kappa shape index (κ3) is 4.87. The normalized spacial score (nSPS) is 24.6. The van der Waals surface area contributed by atoms with E-state index in [9.17, 15) is 9.59 Å². The first-order valence-corrected chi connectivity index (χ1v) is 8.67. The standard InChI is InChI=1S/C16H30N4O2/c1-12(17)14-9-5-6-10-20(14)15(21)11-18-16(22)19-13-7-3-2-4-8-13/h12-14H,2-11,17H2,1H3,(H2,18,19,22). The Kier molecular flexibility index (Phi) is 6.49. The van der Waals surface area contributed by atoms with Gasteiger partial charge in [-0.1, -0.05) is 19.3 Å². The zero-order chi connectivity index (χ0) is 15.9. The van der Waals surface area contributed by atoms with Gasteiger partial charge in [0.2, 0.25) is 5.91 Å². The van der Waals surface area contributed by atoms with Crippen LogP contribution in [0, 0.1) is 0 Å². The monoisotopic (exact) mass is 310 g/mol. The van der Waals surface area contributed by atoms with Gasteiger partial charge in [-0.25, -0.2) is 4.79 Å². The molecule has 0 aromatic heterocycles. The molecule has 1 saturated carbocycles.